The summed E-state index contributed by atoms with van der Waals surface area (Å²) in [5, 5.41) is 4.27. The largest absolute Gasteiger partial charge is 0.454 e. The minimum absolute atomic E-state index is 0.283. The molecule has 5 heteroatoms. The van der Waals surface area contributed by atoms with Gasteiger partial charge in [0.15, 0.2) is 11.5 Å². The van der Waals surface area contributed by atoms with Crippen LogP contribution in [-0.2, 0) is 0 Å². The van der Waals surface area contributed by atoms with Crippen molar-refractivity contribution in [3.63, 3.8) is 0 Å². The van der Waals surface area contributed by atoms with Crippen LogP contribution >= 0.6 is 11.6 Å². The molecule has 1 N–H and O–H groups in total. The van der Waals surface area contributed by atoms with Crippen LogP contribution < -0.4 is 14.8 Å². The Kier molecular flexibility index (Phi) is 2.97. The van der Waals surface area contributed by atoms with Gasteiger partial charge < -0.3 is 14.8 Å². The first-order valence-electron chi connectivity index (χ1n) is 7.32. The van der Waals surface area contributed by atoms with Crippen molar-refractivity contribution in [1.82, 2.24) is 4.90 Å². The standard InChI is InChI=1S/C15H19ClN2O2/c1-9-4-10(7-18(9)11-2-3-11)17-13-6-15-14(5-12(13)16)19-8-20-15/h5-6,9-11,17H,2-4,7-8H2,1H3. The predicted molar refractivity (Wildman–Crippen MR) is 78.8 cm³/mol. The molecule has 0 amide bonds. The lowest BCUT2D eigenvalue weighted by molar-refractivity contribution is 0.174. The van der Waals surface area contributed by atoms with Gasteiger partial charge >= 0.3 is 0 Å². The monoisotopic (exact) mass is 294 g/mol. The zero-order valence-electron chi connectivity index (χ0n) is 11.6. The summed E-state index contributed by atoms with van der Waals surface area (Å²) < 4.78 is 10.8. The number of nitrogens with zero attached hydrogens (tertiary/aromatic N) is 1. The molecule has 2 unspecified atom stereocenters. The van der Waals surface area contributed by atoms with Gasteiger partial charge in [0.25, 0.3) is 0 Å². The van der Waals surface area contributed by atoms with E-state index in [2.05, 4.69) is 17.1 Å². The highest BCUT2D eigenvalue weighted by Gasteiger charge is 2.38. The van der Waals surface area contributed by atoms with Gasteiger partial charge in [-0.15, -0.1) is 0 Å². The zero-order valence-corrected chi connectivity index (χ0v) is 12.3. The Bertz CT molecular complexity index is 533. The number of hydrogen-bond donors (Lipinski definition) is 1. The number of ether oxygens (including phenoxy) is 2. The van der Waals surface area contributed by atoms with Crippen LogP contribution in [0, 0.1) is 0 Å². The summed E-state index contributed by atoms with van der Waals surface area (Å²) in [6.07, 6.45) is 3.89. The second-order valence-corrected chi connectivity index (χ2v) is 6.45. The maximum Gasteiger partial charge on any atom is 0.231 e. The molecule has 4 nitrogen and oxygen atoms in total. The molecule has 0 aromatic heterocycles. The highest BCUT2D eigenvalue weighted by Crippen LogP contribution is 2.40. The molecule has 2 fully saturated rings. The molecule has 1 aromatic carbocycles. The molecule has 2 atom stereocenters. The van der Waals surface area contributed by atoms with Gasteiger partial charge in [-0.3, -0.25) is 4.90 Å². The van der Waals surface area contributed by atoms with Gasteiger partial charge in [0, 0.05) is 36.8 Å². The average Bonchev–Trinajstić information content (AvgIpc) is 3.05. The Morgan fingerprint density at radius 1 is 1.25 bits per heavy atom. The van der Waals surface area contributed by atoms with Crippen LogP contribution in [0.25, 0.3) is 0 Å². The van der Waals surface area contributed by atoms with Crippen molar-refractivity contribution in [2.75, 3.05) is 18.7 Å². The predicted octanol–water partition coefficient (Wildman–Crippen LogP) is 3.11. The number of nitrogens with one attached hydrogen (secondary N) is 1. The highest BCUT2D eigenvalue weighted by atomic mass is 35.5. The molecule has 0 bridgehead atoms. The van der Waals surface area contributed by atoms with Gasteiger partial charge in [0.2, 0.25) is 6.79 Å². The second kappa shape index (κ2) is 4.71. The van der Waals surface area contributed by atoms with Gasteiger partial charge in [-0.1, -0.05) is 11.6 Å². The average molecular weight is 295 g/mol. The van der Waals surface area contributed by atoms with E-state index in [0.29, 0.717) is 17.1 Å². The number of fused-ring (bicyclic) bond motifs is 1. The fourth-order valence-electron chi connectivity index (χ4n) is 3.32. The maximum atomic E-state index is 6.32. The molecule has 1 aliphatic carbocycles. The number of rotatable bonds is 3. The third-order valence-corrected chi connectivity index (χ3v) is 4.77. The topological polar surface area (TPSA) is 33.7 Å². The summed E-state index contributed by atoms with van der Waals surface area (Å²) in [6, 6.07) is 5.73. The summed E-state index contributed by atoms with van der Waals surface area (Å²) in [4.78, 5) is 2.62. The molecule has 0 radical (unpaired) electrons. The Hall–Kier alpha value is -1.13. The molecule has 2 aliphatic heterocycles. The summed E-state index contributed by atoms with van der Waals surface area (Å²) in [5.41, 5.74) is 0.950. The highest BCUT2D eigenvalue weighted by molar-refractivity contribution is 6.33. The van der Waals surface area contributed by atoms with E-state index < -0.39 is 0 Å². The fraction of sp³-hybridized carbons (Fsp3) is 0.600. The maximum absolute atomic E-state index is 6.32. The first-order valence-corrected chi connectivity index (χ1v) is 7.70. The van der Waals surface area contributed by atoms with Crippen molar-refractivity contribution < 1.29 is 9.47 Å². The summed E-state index contributed by atoms with van der Waals surface area (Å²) >= 11 is 6.32. The Labute approximate surface area is 124 Å². The molecule has 1 aromatic rings. The van der Waals surface area contributed by atoms with Crippen LogP contribution in [0.1, 0.15) is 26.2 Å². The number of hydrogen-bond acceptors (Lipinski definition) is 4. The van der Waals surface area contributed by atoms with E-state index >= 15 is 0 Å². The molecule has 1 saturated heterocycles. The Balaban J connectivity index is 1.49. The van der Waals surface area contributed by atoms with Crippen LogP contribution in [0.15, 0.2) is 12.1 Å². The summed E-state index contributed by atoms with van der Waals surface area (Å²) in [7, 11) is 0. The smallest absolute Gasteiger partial charge is 0.231 e. The zero-order chi connectivity index (χ0) is 13.7. The van der Waals surface area contributed by atoms with Gasteiger partial charge in [-0.2, -0.15) is 0 Å². The lowest BCUT2D eigenvalue weighted by Gasteiger charge is -2.20. The van der Waals surface area contributed by atoms with E-state index in [9.17, 15) is 0 Å². The normalized spacial score (nSPS) is 28.9. The second-order valence-electron chi connectivity index (χ2n) is 6.04. The summed E-state index contributed by atoms with van der Waals surface area (Å²) in [6.45, 7) is 3.71. The number of halogens is 1. The van der Waals surface area contributed by atoms with E-state index in [1.165, 1.54) is 19.3 Å². The van der Waals surface area contributed by atoms with Crippen molar-refractivity contribution in [1.29, 1.82) is 0 Å². The third-order valence-electron chi connectivity index (χ3n) is 4.46. The quantitative estimate of drug-likeness (QED) is 0.929. The van der Waals surface area contributed by atoms with E-state index in [1.807, 2.05) is 12.1 Å². The SMILES string of the molecule is CC1CC(Nc2cc3c(cc2Cl)OCO3)CN1C1CC1. The molecular weight excluding hydrogens is 276 g/mol. The van der Waals surface area contributed by atoms with Crippen molar-refractivity contribution in [3.05, 3.63) is 17.2 Å². The van der Waals surface area contributed by atoms with E-state index in [-0.39, 0.29) is 6.79 Å². The van der Waals surface area contributed by atoms with Crippen LogP contribution in [0.2, 0.25) is 5.02 Å². The molecule has 20 heavy (non-hydrogen) atoms. The summed E-state index contributed by atoms with van der Waals surface area (Å²) in [5.74, 6) is 1.52. The fourth-order valence-corrected chi connectivity index (χ4v) is 3.53. The van der Waals surface area contributed by atoms with Gasteiger partial charge in [-0.25, -0.2) is 0 Å². The molecule has 108 valence electrons. The van der Waals surface area contributed by atoms with Crippen LogP contribution in [0.4, 0.5) is 5.69 Å². The molecule has 4 rings (SSSR count). The molecule has 0 spiro atoms. The first kappa shape index (κ1) is 12.6. The Morgan fingerprint density at radius 3 is 2.75 bits per heavy atom. The first-order chi connectivity index (χ1) is 9.70. The molecular formula is C15H19ClN2O2. The van der Waals surface area contributed by atoms with Crippen molar-refractivity contribution >= 4 is 17.3 Å². The van der Waals surface area contributed by atoms with Gasteiger partial charge in [-0.05, 0) is 26.2 Å². The van der Waals surface area contributed by atoms with Crippen LogP contribution in [0.5, 0.6) is 11.5 Å². The minimum Gasteiger partial charge on any atom is -0.454 e. The third kappa shape index (κ3) is 2.21. The van der Waals surface area contributed by atoms with Crippen LogP contribution in [0.3, 0.4) is 0 Å². The van der Waals surface area contributed by atoms with E-state index in [4.69, 9.17) is 21.1 Å². The molecule has 2 heterocycles. The molecule has 1 saturated carbocycles. The number of benzene rings is 1. The number of anilines is 1. The van der Waals surface area contributed by atoms with Crippen molar-refractivity contribution in [2.24, 2.45) is 0 Å². The van der Waals surface area contributed by atoms with Gasteiger partial charge in [0.1, 0.15) is 0 Å². The Morgan fingerprint density at radius 2 is 2.00 bits per heavy atom. The lowest BCUT2D eigenvalue weighted by Crippen LogP contribution is -2.31. The van der Waals surface area contributed by atoms with Crippen molar-refractivity contribution in [2.45, 2.75) is 44.3 Å². The van der Waals surface area contributed by atoms with E-state index in [1.54, 1.807) is 0 Å². The van der Waals surface area contributed by atoms with Gasteiger partial charge in [0.05, 0.1) is 10.7 Å². The van der Waals surface area contributed by atoms with Crippen molar-refractivity contribution in [3.8, 4) is 11.5 Å². The molecule has 3 aliphatic rings. The van der Waals surface area contributed by atoms with Crippen LogP contribution in [-0.4, -0.2) is 36.4 Å². The lowest BCUT2D eigenvalue weighted by atomic mass is 10.1. The number of likely N-dealkylation sites (tertiary alicyclic amines) is 1. The minimum atomic E-state index is 0.283. The van der Waals surface area contributed by atoms with E-state index in [0.717, 1.165) is 29.8 Å².